The number of esters is 1. The first kappa shape index (κ1) is 13.3. The van der Waals surface area contributed by atoms with E-state index in [2.05, 4.69) is 15.9 Å². The minimum atomic E-state index is -0.330. The number of rotatable bonds is 2. The van der Waals surface area contributed by atoms with Crippen molar-refractivity contribution in [3.8, 4) is 0 Å². The van der Waals surface area contributed by atoms with Gasteiger partial charge in [-0.05, 0) is 41.1 Å². The zero-order valence-electron chi connectivity index (χ0n) is 7.62. The van der Waals surface area contributed by atoms with E-state index in [0.717, 1.165) is 0 Å². The van der Waals surface area contributed by atoms with Crippen molar-refractivity contribution in [2.75, 3.05) is 12.3 Å². The van der Waals surface area contributed by atoms with Gasteiger partial charge in [-0.2, -0.15) is 0 Å². The Hall–Kier alpha value is -0.740. The number of carbonyl (C=O) groups excluding carboxylic acids is 1. The maximum Gasteiger partial charge on any atom is 0.338 e. The molecule has 0 saturated carbocycles. The molecule has 3 nitrogen and oxygen atoms in total. The molecule has 0 spiro atoms. The summed E-state index contributed by atoms with van der Waals surface area (Å²) in [7, 11) is 0. The van der Waals surface area contributed by atoms with Gasteiger partial charge in [0.1, 0.15) is 0 Å². The van der Waals surface area contributed by atoms with Gasteiger partial charge in [-0.15, -0.1) is 12.4 Å². The first-order chi connectivity index (χ1) is 6.15. The highest BCUT2D eigenvalue weighted by atomic mass is 79.9. The molecule has 0 radical (unpaired) electrons. The van der Waals surface area contributed by atoms with Crippen LogP contribution in [0.2, 0.25) is 0 Å². The van der Waals surface area contributed by atoms with Gasteiger partial charge in [-0.3, -0.25) is 0 Å². The van der Waals surface area contributed by atoms with Crippen LogP contribution >= 0.6 is 28.3 Å². The largest absolute Gasteiger partial charge is 0.462 e. The number of hydrogen-bond donors (Lipinski definition) is 1. The molecule has 0 atom stereocenters. The van der Waals surface area contributed by atoms with Crippen molar-refractivity contribution in [1.82, 2.24) is 0 Å². The molecule has 78 valence electrons. The Morgan fingerprint density at radius 3 is 2.71 bits per heavy atom. The first-order valence-corrected chi connectivity index (χ1v) is 4.66. The Bertz CT molecular complexity index is 331. The summed E-state index contributed by atoms with van der Waals surface area (Å²) < 4.78 is 5.53. The number of nitrogen functional groups attached to an aromatic ring is 1. The molecule has 0 fully saturated rings. The summed E-state index contributed by atoms with van der Waals surface area (Å²) in [5, 5.41) is 0. The number of benzene rings is 1. The Labute approximate surface area is 97.2 Å². The van der Waals surface area contributed by atoms with Gasteiger partial charge in [-0.1, -0.05) is 0 Å². The summed E-state index contributed by atoms with van der Waals surface area (Å²) in [5.74, 6) is -0.330. The van der Waals surface area contributed by atoms with Crippen molar-refractivity contribution in [2.45, 2.75) is 6.92 Å². The van der Waals surface area contributed by atoms with Crippen LogP contribution in [0.4, 0.5) is 5.69 Å². The molecule has 0 saturated heterocycles. The summed E-state index contributed by atoms with van der Waals surface area (Å²) in [6, 6.07) is 4.95. The molecule has 0 heterocycles. The quantitative estimate of drug-likeness (QED) is 0.669. The van der Waals surface area contributed by atoms with Gasteiger partial charge in [0.2, 0.25) is 0 Å². The van der Waals surface area contributed by atoms with E-state index in [4.69, 9.17) is 10.5 Å². The molecule has 2 N–H and O–H groups in total. The van der Waals surface area contributed by atoms with Crippen molar-refractivity contribution >= 4 is 40.0 Å². The van der Waals surface area contributed by atoms with Crippen LogP contribution in [0, 0.1) is 0 Å². The van der Waals surface area contributed by atoms with E-state index in [0.29, 0.717) is 22.3 Å². The lowest BCUT2D eigenvalue weighted by molar-refractivity contribution is 0.0526. The second-order valence-electron chi connectivity index (χ2n) is 2.46. The molecule has 1 aromatic rings. The molecule has 0 aliphatic rings. The number of ether oxygens (including phenoxy) is 1. The number of nitrogens with two attached hydrogens (primary N) is 1. The normalized spacial score (nSPS) is 9.00. The Balaban J connectivity index is 0.00000169. The average Bonchev–Trinajstić information content (AvgIpc) is 2.10. The summed E-state index contributed by atoms with van der Waals surface area (Å²) in [6.07, 6.45) is 0. The Morgan fingerprint density at radius 2 is 2.21 bits per heavy atom. The smallest absolute Gasteiger partial charge is 0.338 e. The topological polar surface area (TPSA) is 52.3 Å². The number of anilines is 1. The third-order valence-electron chi connectivity index (χ3n) is 1.51. The molecule has 1 aromatic carbocycles. The van der Waals surface area contributed by atoms with Gasteiger partial charge in [0.15, 0.2) is 0 Å². The fourth-order valence-corrected chi connectivity index (χ4v) is 1.25. The minimum Gasteiger partial charge on any atom is -0.462 e. The van der Waals surface area contributed by atoms with Gasteiger partial charge in [-0.25, -0.2) is 4.79 Å². The van der Waals surface area contributed by atoms with Crippen LogP contribution in [0.15, 0.2) is 22.7 Å². The average molecular weight is 281 g/mol. The van der Waals surface area contributed by atoms with Crippen LogP contribution in [0.1, 0.15) is 17.3 Å². The molecule has 0 bridgehead atoms. The van der Waals surface area contributed by atoms with E-state index in [9.17, 15) is 4.79 Å². The van der Waals surface area contributed by atoms with Gasteiger partial charge < -0.3 is 10.5 Å². The summed E-state index contributed by atoms with van der Waals surface area (Å²) in [6.45, 7) is 2.14. The lowest BCUT2D eigenvalue weighted by atomic mass is 10.2. The molecular formula is C9H11BrClNO2. The maximum absolute atomic E-state index is 11.2. The van der Waals surface area contributed by atoms with E-state index in [1.54, 1.807) is 25.1 Å². The van der Waals surface area contributed by atoms with E-state index in [-0.39, 0.29) is 18.4 Å². The van der Waals surface area contributed by atoms with E-state index < -0.39 is 0 Å². The zero-order valence-corrected chi connectivity index (χ0v) is 10.0. The number of hydrogen-bond acceptors (Lipinski definition) is 3. The monoisotopic (exact) mass is 279 g/mol. The predicted octanol–water partition coefficient (Wildman–Crippen LogP) is 2.63. The van der Waals surface area contributed by atoms with Crippen molar-refractivity contribution in [1.29, 1.82) is 0 Å². The maximum atomic E-state index is 11.2. The molecule has 5 heteroatoms. The lowest BCUT2D eigenvalue weighted by Gasteiger charge is -2.03. The van der Waals surface area contributed by atoms with Gasteiger partial charge in [0.05, 0.1) is 12.2 Å². The van der Waals surface area contributed by atoms with Gasteiger partial charge >= 0.3 is 5.97 Å². The van der Waals surface area contributed by atoms with Crippen LogP contribution in [0.5, 0.6) is 0 Å². The van der Waals surface area contributed by atoms with E-state index >= 15 is 0 Å². The molecule has 0 unspecified atom stereocenters. The van der Waals surface area contributed by atoms with E-state index in [1.165, 1.54) is 0 Å². The van der Waals surface area contributed by atoms with Crippen LogP contribution < -0.4 is 5.73 Å². The summed E-state index contributed by atoms with van der Waals surface area (Å²) in [5.41, 5.74) is 6.67. The third-order valence-corrected chi connectivity index (χ3v) is 2.20. The third kappa shape index (κ3) is 3.20. The van der Waals surface area contributed by atoms with Crippen molar-refractivity contribution in [3.63, 3.8) is 0 Å². The highest BCUT2D eigenvalue weighted by Gasteiger charge is 2.07. The standard InChI is InChI=1S/C9H10BrNO2.ClH/c1-2-13-9(12)6-3-4-8(11)7(10)5-6;/h3-5H,2,11H2,1H3;1H. The Morgan fingerprint density at radius 1 is 1.57 bits per heavy atom. The van der Waals surface area contributed by atoms with Crippen molar-refractivity contribution in [3.05, 3.63) is 28.2 Å². The second-order valence-corrected chi connectivity index (χ2v) is 3.31. The fourth-order valence-electron chi connectivity index (χ4n) is 0.869. The van der Waals surface area contributed by atoms with Gasteiger partial charge in [0.25, 0.3) is 0 Å². The van der Waals surface area contributed by atoms with Gasteiger partial charge in [0, 0.05) is 10.2 Å². The zero-order chi connectivity index (χ0) is 9.84. The molecular weight excluding hydrogens is 269 g/mol. The van der Waals surface area contributed by atoms with Crippen molar-refractivity contribution in [2.24, 2.45) is 0 Å². The molecule has 0 aromatic heterocycles. The first-order valence-electron chi connectivity index (χ1n) is 3.87. The highest BCUT2D eigenvalue weighted by molar-refractivity contribution is 9.10. The minimum absolute atomic E-state index is 0. The summed E-state index contributed by atoms with van der Waals surface area (Å²) in [4.78, 5) is 11.2. The molecule has 0 aliphatic heterocycles. The lowest BCUT2D eigenvalue weighted by Crippen LogP contribution is -2.04. The number of carbonyl (C=O) groups is 1. The summed E-state index contributed by atoms with van der Waals surface area (Å²) >= 11 is 3.23. The predicted molar refractivity (Wildman–Crippen MR) is 61.8 cm³/mol. The molecule has 0 aliphatic carbocycles. The fraction of sp³-hybridized carbons (Fsp3) is 0.222. The Kier molecular flexibility index (Phi) is 5.57. The molecule has 14 heavy (non-hydrogen) atoms. The highest BCUT2D eigenvalue weighted by Crippen LogP contribution is 2.20. The molecule has 1 rings (SSSR count). The second kappa shape index (κ2) is 5.88. The number of halogens is 2. The van der Waals surface area contributed by atoms with Crippen molar-refractivity contribution < 1.29 is 9.53 Å². The van der Waals surface area contributed by atoms with E-state index in [1.807, 2.05) is 0 Å². The van der Waals surface area contributed by atoms with Crippen LogP contribution in [0.3, 0.4) is 0 Å². The SMILES string of the molecule is CCOC(=O)c1ccc(N)c(Br)c1.Cl. The van der Waals surface area contributed by atoms with Crippen LogP contribution in [-0.2, 0) is 4.74 Å². The van der Waals surface area contributed by atoms with Crippen LogP contribution in [0.25, 0.3) is 0 Å². The molecule has 0 amide bonds. The van der Waals surface area contributed by atoms with Crippen LogP contribution in [-0.4, -0.2) is 12.6 Å².